The first-order valence-electron chi connectivity index (χ1n) is 8.04. The number of rotatable bonds is 1. The second-order valence-corrected chi connectivity index (χ2v) is 7.51. The van der Waals surface area contributed by atoms with E-state index in [-0.39, 0.29) is 29.8 Å². The van der Waals surface area contributed by atoms with Gasteiger partial charge in [-0.2, -0.15) is 0 Å². The van der Waals surface area contributed by atoms with Crippen LogP contribution in [0.5, 0.6) is 0 Å². The second-order valence-electron chi connectivity index (χ2n) is 7.51. The molecule has 1 saturated carbocycles. The minimum Gasteiger partial charge on any atom is -0.483 e. The van der Waals surface area contributed by atoms with Crippen LogP contribution in [0.1, 0.15) is 52.9 Å². The molecule has 2 aliphatic heterocycles. The maximum atomic E-state index is 12.4. The van der Waals surface area contributed by atoms with Gasteiger partial charge in [0.2, 0.25) is 5.90 Å². The van der Waals surface area contributed by atoms with E-state index >= 15 is 0 Å². The number of hydrogen-bond donors (Lipinski definition) is 0. The molecule has 3 aliphatic rings. The van der Waals surface area contributed by atoms with Crippen molar-refractivity contribution in [2.24, 2.45) is 16.3 Å². The normalized spacial score (nSPS) is 33.7. The van der Waals surface area contributed by atoms with E-state index in [1.54, 1.807) is 12.0 Å². The molecule has 1 aliphatic carbocycles. The molecular formula is C16H26N2O3. The Hall–Kier alpha value is -1.26. The number of fused-ring (bicyclic) bond motifs is 1. The van der Waals surface area contributed by atoms with Gasteiger partial charge in [-0.25, -0.2) is 9.79 Å². The van der Waals surface area contributed by atoms with Crippen LogP contribution in [0.15, 0.2) is 4.99 Å². The highest BCUT2D eigenvalue weighted by Crippen LogP contribution is 2.42. The molecule has 0 unspecified atom stereocenters. The van der Waals surface area contributed by atoms with Crippen LogP contribution in [0.25, 0.3) is 0 Å². The molecule has 3 atom stereocenters. The number of carbonyl (C=O) groups excluding carboxylic acids is 1. The Morgan fingerprint density at radius 1 is 1.24 bits per heavy atom. The van der Waals surface area contributed by atoms with Gasteiger partial charge in [0.1, 0.15) is 12.3 Å². The highest BCUT2D eigenvalue weighted by atomic mass is 16.6. The smallest absolute Gasteiger partial charge is 0.412 e. The summed E-state index contributed by atoms with van der Waals surface area (Å²) >= 11 is 0. The first kappa shape index (κ1) is 14.7. The largest absolute Gasteiger partial charge is 0.483 e. The molecule has 2 fully saturated rings. The molecule has 118 valence electrons. The zero-order valence-electron chi connectivity index (χ0n) is 13.5. The lowest BCUT2D eigenvalue weighted by Gasteiger charge is -2.32. The predicted molar refractivity (Wildman–Crippen MR) is 80.2 cm³/mol. The number of nitrogens with zero attached hydrogens (tertiary/aromatic N) is 2. The Morgan fingerprint density at radius 2 is 1.90 bits per heavy atom. The summed E-state index contributed by atoms with van der Waals surface area (Å²) in [7, 11) is 1.64. The lowest BCUT2D eigenvalue weighted by Crippen LogP contribution is -2.47. The minimum atomic E-state index is -0.230. The van der Waals surface area contributed by atoms with Crippen LogP contribution in [0.3, 0.4) is 0 Å². The van der Waals surface area contributed by atoms with Gasteiger partial charge in [0.25, 0.3) is 0 Å². The SMILES string of the molecule is COC1=N[C@@H](C(C)(C)C)N2C(=O)O[C@H](C3CCCCC3)[C@H]12. The third-order valence-electron chi connectivity index (χ3n) is 4.92. The van der Waals surface area contributed by atoms with Gasteiger partial charge in [0, 0.05) is 5.41 Å². The summed E-state index contributed by atoms with van der Waals surface area (Å²) < 4.78 is 11.2. The van der Waals surface area contributed by atoms with Crippen LogP contribution in [0, 0.1) is 11.3 Å². The summed E-state index contributed by atoms with van der Waals surface area (Å²) in [6.07, 6.45) is 5.51. The van der Waals surface area contributed by atoms with Crippen LogP contribution in [0.4, 0.5) is 4.79 Å². The van der Waals surface area contributed by atoms with E-state index in [4.69, 9.17) is 9.47 Å². The number of amides is 1. The molecule has 2 heterocycles. The van der Waals surface area contributed by atoms with Crippen LogP contribution in [0.2, 0.25) is 0 Å². The zero-order chi connectivity index (χ0) is 15.2. The molecular weight excluding hydrogens is 268 g/mol. The third-order valence-corrected chi connectivity index (χ3v) is 4.92. The molecule has 0 radical (unpaired) electrons. The van der Waals surface area contributed by atoms with Crippen LogP contribution in [-0.2, 0) is 9.47 Å². The zero-order valence-corrected chi connectivity index (χ0v) is 13.5. The molecule has 0 bridgehead atoms. The summed E-state index contributed by atoms with van der Waals surface area (Å²) in [4.78, 5) is 18.9. The number of hydrogen-bond acceptors (Lipinski definition) is 4. The first-order chi connectivity index (χ1) is 9.93. The molecule has 0 N–H and O–H groups in total. The van der Waals surface area contributed by atoms with Gasteiger partial charge in [0.15, 0.2) is 6.04 Å². The van der Waals surface area contributed by atoms with E-state index in [1.165, 1.54) is 19.3 Å². The lowest BCUT2D eigenvalue weighted by molar-refractivity contribution is 0.0790. The van der Waals surface area contributed by atoms with Crippen molar-refractivity contribution in [1.82, 2.24) is 4.90 Å². The Kier molecular flexibility index (Phi) is 3.62. The Labute approximate surface area is 126 Å². The fourth-order valence-corrected chi connectivity index (χ4v) is 3.89. The van der Waals surface area contributed by atoms with Crippen molar-refractivity contribution in [2.45, 2.75) is 71.2 Å². The van der Waals surface area contributed by atoms with Crippen molar-refractivity contribution in [2.75, 3.05) is 7.11 Å². The number of aliphatic imine (C=N–C) groups is 1. The lowest BCUT2D eigenvalue weighted by atomic mass is 9.82. The quantitative estimate of drug-likeness (QED) is 0.746. The highest BCUT2D eigenvalue weighted by Gasteiger charge is 2.57. The van der Waals surface area contributed by atoms with Crippen LogP contribution in [-0.4, -0.2) is 42.3 Å². The summed E-state index contributed by atoms with van der Waals surface area (Å²) in [5.74, 6) is 1.10. The average Bonchev–Trinajstić information content (AvgIpc) is 2.98. The summed E-state index contributed by atoms with van der Waals surface area (Å²) in [6.45, 7) is 6.29. The molecule has 1 amide bonds. The Morgan fingerprint density at radius 3 is 2.48 bits per heavy atom. The second kappa shape index (κ2) is 5.18. The van der Waals surface area contributed by atoms with Gasteiger partial charge in [-0.3, -0.25) is 4.90 Å². The van der Waals surface area contributed by atoms with Crippen LogP contribution < -0.4 is 0 Å². The van der Waals surface area contributed by atoms with E-state index < -0.39 is 0 Å². The van der Waals surface area contributed by atoms with Crippen LogP contribution >= 0.6 is 0 Å². The third kappa shape index (κ3) is 2.40. The molecule has 1 saturated heterocycles. The molecule has 0 aromatic heterocycles. The van der Waals surface area contributed by atoms with Gasteiger partial charge in [0.05, 0.1) is 7.11 Å². The van der Waals surface area contributed by atoms with E-state index in [9.17, 15) is 4.79 Å². The van der Waals surface area contributed by atoms with Gasteiger partial charge >= 0.3 is 6.09 Å². The van der Waals surface area contributed by atoms with Crippen molar-refractivity contribution >= 4 is 12.0 Å². The number of methoxy groups -OCH3 is 1. The van der Waals surface area contributed by atoms with Gasteiger partial charge in [-0.1, -0.05) is 40.0 Å². The van der Waals surface area contributed by atoms with Gasteiger partial charge < -0.3 is 9.47 Å². The fourth-order valence-electron chi connectivity index (χ4n) is 3.89. The van der Waals surface area contributed by atoms with Gasteiger partial charge in [-0.05, 0) is 18.8 Å². The van der Waals surface area contributed by atoms with E-state index in [0.29, 0.717) is 11.8 Å². The maximum Gasteiger partial charge on any atom is 0.412 e. The summed E-state index contributed by atoms with van der Waals surface area (Å²) in [5.41, 5.74) is -0.126. The van der Waals surface area contributed by atoms with Crippen molar-refractivity contribution < 1.29 is 14.3 Å². The Bertz CT molecular complexity index is 449. The molecule has 0 aromatic rings. The molecule has 0 aromatic carbocycles. The predicted octanol–water partition coefficient (Wildman–Crippen LogP) is 3.19. The highest BCUT2D eigenvalue weighted by molar-refractivity contribution is 5.91. The topological polar surface area (TPSA) is 51.1 Å². The fraction of sp³-hybridized carbons (Fsp3) is 0.875. The summed E-state index contributed by atoms with van der Waals surface area (Å²) in [6, 6.07) is -0.130. The number of carbonyl (C=O) groups is 1. The van der Waals surface area contributed by atoms with Crippen molar-refractivity contribution in [1.29, 1.82) is 0 Å². The van der Waals surface area contributed by atoms with E-state index in [1.807, 2.05) is 0 Å². The standard InChI is InChI=1S/C16H26N2O3/c1-16(2,3)14-17-13(20-4)11-12(21-15(19)18(11)14)10-8-6-5-7-9-10/h10-12,14H,5-9H2,1-4H3/t11-,12-,14-/m1/s1. The molecule has 5 heteroatoms. The molecule has 21 heavy (non-hydrogen) atoms. The monoisotopic (exact) mass is 294 g/mol. The van der Waals surface area contributed by atoms with Crippen molar-refractivity contribution in [3.05, 3.63) is 0 Å². The molecule has 5 nitrogen and oxygen atoms in total. The number of ether oxygens (including phenoxy) is 2. The number of cyclic esters (lactones) is 1. The van der Waals surface area contributed by atoms with E-state index in [2.05, 4.69) is 25.8 Å². The minimum absolute atomic E-state index is 0.0937. The molecule has 3 rings (SSSR count). The average molecular weight is 294 g/mol. The summed E-state index contributed by atoms with van der Waals surface area (Å²) in [5, 5.41) is 0. The maximum absolute atomic E-state index is 12.4. The first-order valence-corrected chi connectivity index (χ1v) is 8.04. The van der Waals surface area contributed by atoms with Crippen molar-refractivity contribution in [3.8, 4) is 0 Å². The Balaban J connectivity index is 1.88. The van der Waals surface area contributed by atoms with Gasteiger partial charge in [-0.15, -0.1) is 0 Å². The molecule has 0 spiro atoms. The van der Waals surface area contributed by atoms with E-state index in [0.717, 1.165) is 12.8 Å². The van der Waals surface area contributed by atoms with Crippen molar-refractivity contribution in [3.63, 3.8) is 0 Å².